The van der Waals surface area contributed by atoms with E-state index in [0.717, 1.165) is 13.0 Å². The van der Waals surface area contributed by atoms with E-state index in [0.29, 0.717) is 17.9 Å². The van der Waals surface area contributed by atoms with E-state index in [4.69, 9.17) is 10.00 Å². The monoisotopic (exact) mass is 329 g/mol. The molecule has 130 valence electrons. The summed E-state index contributed by atoms with van der Waals surface area (Å²) >= 11 is 0. The first-order valence-electron chi connectivity index (χ1n) is 8.71. The second kappa shape index (κ2) is 8.70. The molecule has 1 saturated heterocycles. The van der Waals surface area contributed by atoms with Crippen molar-refractivity contribution in [2.24, 2.45) is 0 Å². The van der Waals surface area contributed by atoms with Crippen molar-refractivity contribution in [2.45, 2.75) is 45.1 Å². The maximum atomic E-state index is 12.3. The molecule has 1 aromatic carbocycles. The molecule has 0 aliphatic carbocycles. The predicted molar refractivity (Wildman–Crippen MR) is 93.8 cm³/mol. The summed E-state index contributed by atoms with van der Waals surface area (Å²) in [5.41, 5.74) is -0.374. The summed E-state index contributed by atoms with van der Waals surface area (Å²) in [7, 11) is 0. The number of nitrogens with one attached hydrogen (secondary N) is 1. The maximum Gasteiger partial charge on any atom is 0.263 e. The van der Waals surface area contributed by atoms with Crippen LogP contribution in [0.25, 0.3) is 0 Å². The number of piperidine rings is 1. The fourth-order valence-corrected chi connectivity index (χ4v) is 2.84. The molecule has 1 N–H and O–H groups in total. The van der Waals surface area contributed by atoms with Crippen LogP contribution in [0.15, 0.2) is 24.3 Å². The van der Waals surface area contributed by atoms with E-state index in [1.807, 2.05) is 0 Å². The van der Waals surface area contributed by atoms with Gasteiger partial charge in [-0.2, -0.15) is 5.26 Å². The van der Waals surface area contributed by atoms with E-state index >= 15 is 0 Å². The quantitative estimate of drug-likeness (QED) is 0.781. The topological polar surface area (TPSA) is 65.4 Å². The number of likely N-dealkylation sites (tertiary alicyclic amines) is 1. The third-order valence-corrected chi connectivity index (χ3v) is 4.29. The Hall–Kier alpha value is -2.06. The van der Waals surface area contributed by atoms with E-state index in [1.165, 1.54) is 32.4 Å². The summed E-state index contributed by atoms with van der Waals surface area (Å²) in [4.78, 5) is 14.8. The van der Waals surface area contributed by atoms with Crippen LogP contribution < -0.4 is 10.1 Å². The molecule has 2 rings (SSSR count). The molecule has 1 heterocycles. The van der Waals surface area contributed by atoms with Crippen LogP contribution in [0.5, 0.6) is 5.75 Å². The van der Waals surface area contributed by atoms with Gasteiger partial charge in [0.1, 0.15) is 5.75 Å². The van der Waals surface area contributed by atoms with Gasteiger partial charge in [-0.05, 0) is 77.0 Å². The first kappa shape index (κ1) is 18.3. The van der Waals surface area contributed by atoms with Crippen LogP contribution in [0.1, 0.15) is 45.1 Å². The zero-order valence-electron chi connectivity index (χ0n) is 14.7. The number of ether oxygens (including phenoxy) is 1. The van der Waals surface area contributed by atoms with Crippen LogP contribution in [0.2, 0.25) is 0 Å². The molecule has 0 radical (unpaired) electrons. The lowest BCUT2D eigenvalue weighted by molar-refractivity contribution is -0.134. The fourth-order valence-electron chi connectivity index (χ4n) is 2.84. The van der Waals surface area contributed by atoms with Crippen LogP contribution in [0.3, 0.4) is 0 Å². The number of benzene rings is 1. The van der Waals surface area contributed by atoms with Gasteiger partial charge in [0.25, 0.3) is 5.91 Å². The van der Waals surface area contributed by atoms with Gasteiger partial charge < -0.3 is 15.0 Å². The van der Waals surface area contributed by atoms with Gasteiger partial charge in [-0.1, -0.05) is 6.42 Å². The Labute approximate surface area is 144 Å². The summed E-state index contributed by atoms with van der Waals surface area (Å²) in [5, 5.41) is 11.8. The van der Waals surface area contributed by atoms with Crippen LogP contribution in [-0.2, 0) is 4.79 Å². The second-order valence-electron chi connectivity index (χ2n) is 6.76. The molecule has 1 aliphatic rings. The highest BCUT2D eigenvalue weighted by atomic mass is 16.5. The SMILES string of the molecule is CC(C)(Oc1ccc(C#N)cc1)C(=O)NCCCN1CCCCC1. The van der Waals surface area contributed by atoms with Gasteiger partial charge in [0.05, 0.1) is 11.6 Å². The van der Waals surface area contributed by atoms with Gasteiger partial charge >= 0.3 is 0 Å². The third-order valence-electron chi connectivity index (χ3n) is 4.29. The molecular formula is C19H27N3O2. The van der Waals surface area contributed by atoms with Gasteiger partial charge in [-0.25, -0.2) is 0 Å². The van der Waals surface area contributed by atoms with Gasteiger partial charge in [-0.15, -0.1) is 0 Å². The number of rotatable bonds is 7. The van der Waals surface area contributed by atoms with Gasteiger partial charge in [0, 0.05) is 6.54 Å². The summed E-state index contributed by atoms with van der Waals surface area (Å²) in [6.07, 6.45) is 4.88. The van der Waals surface area contributed by atoms with E-state index in [9.17, 15) is 4.79 Å². The van der Waals surface area contributed by atoms with Gasteiger partial charge in [-0.3, -0.25) is 4.79 Å². The molecule has 0 unspecified atom stereocenters. The lowest BCUT2D eigenvalue weighted by Crippen LogP contribution is -2.47. The van der Waals surface area contributed by atoms with Crippen molar-refractivity contribution < 1.29 is 9.53 Å². The molecule has 1 fully saturated rings. The van der Waals surface area contributed by atoms with E-state index < -0.39 is 5.60 Å². The van der Waals surface area contributed by atoms with Gasteiger partial charge in [0.2, 0.25) is 0 Å². The lowest BCUT2D eigenvalue weighted by atomic mass is 10.1. The van der Waals surface area contributed by atoms with Crippen LogP contribution in [-0.4, -0.2) is 42.6 Å². The summed E-state index contributed by atoms with van der Waals surface area (Å²) in [6, 6.07) is 8.85. The summed E-state index contributed by atoms with van der Waals surface area (Å²) in [5.74, 6) is 0.466. The fraction of sp³-hybridized carbons (Fsp3) is 0.579. The van der Waals surface area contributed by atoms with Crippen molar-refractivity contribution in [1.29, 1.82) is 5.26 Å². The Morgan fingerprint density at radius 2 is 1.92 bits per heavy atom. The van der Waals surface area contributed by atoms with Crippen molar-refractivity contribution in [2.75, 3.05) is 26.2 Å². The minimum atomic E-state index is -0.945. The minimum Gasteiger partial charge on any atom is -0.478 e. The molecule has 1 aromatic rings. The number of hydrogen-bond donors (Lipinski definition) is 1. The molecule has 24 heavy (non-hydrogen) atoms. The molecule has 5 heteroatoms. The van der Waals surface area contributed by atoms with Crippen LogP contribution in [0.4, 0.5) is 0 Å². The number of nitriles is 1. The average molecular weight is 329 g/mol. The van der Waals surface area contributed by atoms with Crippen LogP contribution in [0, 0.1) is 11.3 Å². The highest BCUT2D eigenvalue weighted by Crippen LogP contribution is 2.19. The third kappa shape index (κ3) is 5.54. The minimum absolute atomic E-state index is 0.120. The molecule has 0 bridgehead atoms. The Bertz CT molecular complexity index is 569. The molecule has 1 amide bonds. The summed E-state index contributed by atoms with van der Waals surface area (Å²) < 4.78 is 5.78. The molecule has 5 nitrogen and oxygen atoms in total. The normalized spacial score (nSPS) is 15.5. The van der Waals surface area contributed by atoms with Gasteiger partial charge in [0.15, 0.2) is 5.60 Å². The Morgan fingerprint density at radius 3 is 2.54 bits per heavy atom. The summed E-state index contributed by atoms with van der Waals surface area (Å²) in [6.45, 7) is 7.57. The van der Waals surface area contributed by atoms with Crippen molar-refractivity contribution in [3.8, 4) is 11.8 Å². The first-order valence-corrected chi connectivity index (χ1v) is 8.71. The van der Waals surface area contributed by atoms with E-state index in [1.54, 1.807) is 38.1 Å². The average Bonchev–Trinajstić information content (AvgIpc) is 2.59. The van der Waals surface area contributed by atoms with Crippen molar-refractivity contribution in [3.05, 3.63) is 29.8 Å². The van der Waals surface area contributed by atoms with Crippen molar-refractivity contribution >= 4 is 5.91 Å². The standard InChI is InChI=1S/C19H27N3O2/c1-19(2,24-17-9-7-16(15-20)8-10-17)18(23)21-11-6-14-22-12-4-3-5-13-22/h7-10H,3-6,11-14H2,1-2H3,(H,21,23). The molecule has 0 atom stereocenters. The number of carbonyl (C=O) groups is 1. The first-order chi connectivity index (χ1) is 11.5. The molecule has 1 aliphatic heterocycles. The Morgan fingerprint density at radius 1 is 1.25 bits per heavy atom. The molecular weight excluding hydrogens is 302 g/mol. The predicted octanol–water partition coefficient (Wildman–Crippen LogP) is 2.71. The molecule has 0 spiro atoms. The van der Waals surface area contributed by atoms with Crippen LogP contribution >= 0.6 is 0 Å². The van der Waals surface area contributed by atoms with Crippen molar-refractivity contribution in [1.82, 2.24) is 10.2 Å². The zero-order chi connectivity index (χ0) is 17.4. The number of nitrogens with zero attached hydrogens (tertiary/aromatic N) is 2. The number of amides is 1. The molecule has 0 saturated carbocycles. The number of carbonyl (C=O) groups excluding carboxylic acids is 1. The highest BCUT2D eigenvalue weighted by Gasteiger charge is 2.29. The maximum absolute atomic E-state index is 12.3. The van der Waals surface area contributed by atoms with E-state index in [2.05, 4.69) is 16.3 Å². The largest absolute Gasteiger partial charge is 0.478 e. The zero-order valence-corrected chi connectivity index (χ0v) is 14.7. The van der Waals surface area contributed by atoms with E-state index in [-0.39, 0.29) is 5.91 Å². The lowest BCUT2D eigenvalue weighted by Gasteiger charge is -2.27. The number of hydrogen-bond acceptors (Lipinski definition) is 4. The second-order valence-corrected chi connectivity index (χ2v) is 6.76. The highest BCUT2D eigenvalue weighted by molar-refractivity contribution is 5.84. The Balaban J connectivity index is 1.73. The smallest absolute Gasteiger partial charge is 0.263 e. The Kier molecular flexibility index (Phi) is 6.62. The van der Waals surface area contributed by atoms with Crippen molar-refractivity contribution in [3.63, 3.8) is 0 Å². The molecule has 0 aromatic heterocycles.